The van der Waals surface area contributed by atoms with Crippen LogP contribution in [0, 0.1) is 0 Å². The van der Waals surface area contributed by atoms with Gasteiger partial charge in [-0.15, -0.1) is 0 Å². The molecular formula is C19H29N3O4S. The Bertz CT molecular complexity index is 762. The highest BCUT2D eigenvalue weighted by Gasteiger charge is 2.26. The van der Waals surface area contributed by atoms with Gasteiger partial charge in [0.25, 0.3) is 0 Å². The summed E-state index contributed by atoms with van der Waals surface area (Å²) in [7, 11) is -3.52. The average molecular weight is 396 g/mol. The van der Waals surface area contributed by atoms with E-state index in [4.69, 9.17) is 0 Å². The molecule has 1 aromatic carbocycles. The minimum Gasteiger partial charge on any atom is -0.340 e. The second-order valence-corrected chi connectivity index (χ2v) is 8.86. The molecule has 0 radical (unpaired) electrons. The Kier molecular flexibility index (Phi) is 7.24. The Labute approximate surface area is 161 Å². The standard InChI is InChI=1S/C19H29N3O4S/c1-4-17-7-5-6-13-21(17)19(24)12-14-22(27(3,25)26)18-10-8-16(9-11-18)20-15(2)23/h8-11,17H,4-7,12-14H2,1-3H3,(H,20,23). The van der Waals surface area contributed by atoms with Crippen molar-refractivity contribution in [2.45, 2.75) is 52.0 Å². The van der Waals surface area contributed by atoms with Crippen LogP contribution in [0.15, 0.2) is 24.3 Å². The van der Waals surface area contributed by atoms with E-state index in [0.29, 0.717) is 11.4 Å². The van der Waals surface area contributed by atoms with Crippen molar-refractivity contribution >= 4 is 33.2 Å². The lowest BCUT2D eigenvalue weighted by atomic mass is 9.99. The van der Waals surface area contributed by atoms with Gasteiger partial charge in [-0.2, -0.15) is 0 Å². The Morgan fingerprint density at radius 3 is 2.44 bits per heavy atom. The van der Waals surface area contributed by atoms with E-state index in [2.05, 4.69) is 12.2 Å². The van der Waals surface area contributed by atoms with Gasteiger partial charge in [0, 0.05) is 38.2 Å². The third-order valence-corrected chi connectivity index (χ3v) is 6.02. The minimum absolute atomic E-state index is 0.00469. The molecule has 0 saturated carbocycles. The summed E-state index contributed by atoms with van der Waals surface area (Å²) in [5.74, 6) is -0.189. The van der Waals surface area contributed by atoms with Crippen molar-refractivity contribution in [3.8, 4) is 0 Å². The molecule has 27 heavy (non-hydrogen) atoms. The van der Waals surface area contributed by atoms with E-state index in [0.717, 1.165) is 38.5 Å². The number of nitrogens with zero attached hydrogens (tertiary/aromatic N) is 2. The van der Waals surface area contributed by atoms with Crippen LogP contribution in [0.3, 0.4) is 0 Å². The summed E-state index contributed by atoms with van der Waals surface area (Å²) in [6, 6.07) is 6.82. The number of carbonyl (C=O) groups excluding carboxylic acids is 2. The number of nitrogens with one attached hydrogen (secondary N) is 1. The number of benzene rings is 1. The van der Waals surface area contributed by atoms with Gasteiger partial charge in [0.2, 0.25) is 21.8 Å². The zero-order valence-electron chi connectivity index (χ0n) is 16.3. The van der Waals surface area contributed by atoms with E-state index in [1.54, 1.807) is 24.3 Å². The Morgan fingerprint density at radius 1 is 1.22 bits per heavy atom. The molecule has 1 N–H and O–H groups in total. The van der Waals surface area contributed by atoms with Gasteiger partial charge in [0.05, 0.1) is 11.9 Å². The van der Waals surface area contributed by atoms with Gasteiger partial charge in [-0.25, -0.2) is 8.42 Å². The molecule has 1 fully saturated rings. The topological polar surface area (TPSA) is 86.8 Å². The van der Waals surface area contributed by atoms with E-state index >= 15 is 0 Å². The predicted octanol–water partition coefficient (Wildman–Crippen LogP) is 2.59. The molecule has 1 aliphatic heterocycles. The maximum absolute atomic E-state index is 12.7. The first-order valence-corrected chi connectivity index (χ1v) is 11.2. The van der Waals surface area contributed by atoms with Crippen molar-refractivity contribution in [2.24, 2.45) is 0 Å². The summed E-state index contributed by atoms with van der Waals surface area (Å²) in [6.07, 6.45) is 5.36. The Morgan fingerprint density at radius 2 is 1.89 bits per heavy atom. The predicted molar refractivity (Wildman–Crippen MR) is 107 cm³/mol. The smallest absolute Gasteiger partial charge is 0.232 e. The number of hydrogen-bond acceptors (Lipinski definition) is 4. The number of sulfonamides is 1. The van der Waals surface area contributed by atoms with Crippen molar-refractivity contribution in [1.82, 2.24) is 4.90 Å². The van der Waals surface area contributed by atoms with Crippen LogP contribution in [0.25, 0.3) is 0 Å². The van der Waals surface area contributed by atoms with Gasteiger partial charge >= 0.3 is 0 Å². The number of hydrogen-bond donors (Lipinski definition) is 1. The van der Waals surface area contributed by atoms with E-state index in [1.165, 1.54) is 11.2 Å². The van der Waals surface area contributed by atoms with E-state index in [9.17, 15) is 18.0 Å². The number of likely N-dealkylation sites (tertiary alicyclic amines) is 1. The molecule has 150 valence electrons. The number of piperidine rings is 1. The Hall–Kier alpha value is -2.09. The van der Waals surface area contributed by atoms with Gasteiger partial charge in [0.15, 0.2) is 0 Å². The monoisotopic (exact) mass is 395 g/mol. The van der Waals surface area contributed by atoms with Crippen molar-refractivity contribution in [2.75, 3.05) is 29.0 Å². The second kappa shape index (κ2) is 9.21. The van der Waals surface area contributed by atoms with Crippen molar-refractivity contribution in [1.29, 1.82) is 0 Å². The highest BCUT2D eigenvalue weighted by Crippen LogP contribution is 2.23. The first kappa shape index (κ1) is 21.2. The highest BCUT2D eigenvalue weighted by molar-refractivity contribution is 7.92. The number of anilines is 2. The Balaban J connectivity index is 2.09. The summed E-state index contributed by atoms with van der Waals surface area (Å²) in [6.45, 7) is 4.34. The van der Waals surface area contributed by atoms with Gasteiger partial charge in [-0.3, -0.25) is 13.9 Å². The van der Waals surface area contributed by atoms with Crippen molar-refractivity contribution in [3.05, 3.63) is 24.3 Å². The molecule has 1 atom stereocenters. The van der Waals surface area contributed by atoms with Crippen LogP contribution in [0.1, 0.15) is 46.0 Å². The van der Waals surface area contributed by atoms with Gasteiger partial charge < -0.3 is 10.2 Å². The first-order chi connectivity index (χ1) is 12.7. The van der Waals surface area contributed by atoms with Gasteiger partial charge in [0.1, 0.15) is 0 Å². The number of rotatable bonds is 7. The molecule has 7 nitrogen and oxygen atoms in total. The van der Waals surface area contributed by atoms with Crippen LogP contribution in [0.5, 0.6) is 0 Å². The van der Waals surface area contributed by atoms with E-state index < -0.39 is 10.0 Å². The molecule has 0 bridgehead atoms. The lowest BCUT2D eigenvalue weighted by Gasteiger charge is -2.36. The molecule has 2 rings (SSSR count). The summed E-state index contributed by atoms with van der Waals surface area (Å²) < 4.78 is 25.7. The fourth-order valence-corrected chi connectivity index (χ4v) is 4.42. The van der Waals surface area contributed by atoms with Crippen LogP contribution < -0.4 is 9.62 Å². The number of carbonyl (C=O) groups is 2. The van der Waals surface area contributed by atoms with Crippen molar-refractivity contribution in [3.63, 3.8) is 0 Å². The fraction of sp³-hybridized carbons (Fsp3) is 0.579. The van der Waals surface area contributed by atoms with Crippen LogP contribution in [-0.4, -0.2) is 50.5 Å². The highest BCUT2D eigenvalue weighted by atomic mass is 32.2. The molecule has 1 heterocycles. The van der Waals surface area contributed by atoms with Crippen LogP contribution in [0.4, 0.5) is 11.4 Å². The minimum atomic E-state index is -3.52. The average Bonchev–Trinajstić information content (AvgIpc) is 2.61. The zero-order chi connectivity index (χ0) is 20.0. The third kappa shape index (κ3) is 5.95. The molecule has 0 aromatic heterocycles. The largest absolute Gasteiger partial charge is 0.340 e. The van der Waals surface area contributed by atoms with Crippen molar-refractivity contribution < 1.29 is 18.0 Å². The summed E-state index contributed by atoms with van der Waals surface area (Å²) in [4.78, 5) is 25.7. The van der Waals surface area contributed by atoms with Crippen LogP contribution in [0.2, 0.25) is 0 Å². The quantitative estimate of drug-likeness (QED) is 0.769. The maximum Gasteiger partial charge on any atom is 0.232 e. The maximum atomic E-state index is 12.7. The van der Waals surface area contributed by atoms with Crippen LogP contribution in [-0.2, 0) is 19.6 Å². The normalized spacial score (nSPS) is 17.4. The molecular weight excluding hydrogens is 366 g/mol. The van der Waals surface area contributed by atoms with Crippen LogP contribution >= 0.6 is 0 Å². The molecule has 0 spiro atoms. The first-order valence-electron chi connectivity index (χ1n) is 9.37. The van der Waals surface area contributed by atoms with E-state index in [-0.39, 0.29) is 30.8 Å². The molecule has 1 aliphatic rings. The molecule has 1 aromatic rings. The van der Waals surface area contributed by atoms with Gasteiger partial charge in [-0.1, -0.05) is 6.92 Å². The summed E-state index contributed by atoms with van der Waals surface area (Å²) >= 11 is 0. The zero-order valence-corrected chi connectivity index (χ0v) is 17.1. The molecule has 1 saturated heterocycles. The summed E-state index contributed by atoms with van der Waals surface area (Å²) in [5.41, 5.74) is 1.07. The SMILES string of the molecule is CCC1CCCCN1C(=O)CCN(c1ccc(NC(C)=O)cc1)S(C)(=O)=O. The second-order valence-electron chi connectivity index (χ2n) is 6.96. The molecule has 8 heteroatoms. The lowest BCUT2D eigenvalue weighted by Crippen LogP contribution is -2.44. The molecule has 0 aliphatic carbocycles. The number of amides is 2. The molecule has 2 amide bonds. The fourth-order valence-electron chi connectivity index (χ4n) is 3.49. The van der Waals surface area contributed by atoms with E-state index in [1.807, 2.05) is 4.90 Å². The third-order valence-electron chi connectivity index (χ3n) is 4.82. The lowest BCUT2D eigenvalue weighted by molar-refractivity contribution is -0.134. The van der Waals surface area contributed by atoms with Gasteiger partial charge in [-0.05, 0) is 49.9 Å². The summed E-state index contributed by atoms with van der Waals surface area (Å²) in [5, 5.41) is 2.65. The molecule has 1 unspecified atom stereocenters.